The molecule has 94 valence electrons. The summed E-state index contributed by atoms with van der Waals surface area (Å²) in [6.07, 6.45) is 0. The third-order valence-electron chi connectivity index (χ3n) is 3.29. The molecule has 1 N–H and O–H groups in total. The maximum absolute atomic E-state index is 12.4. The Morgan fingerprint density at radius 3 is 2.16 bits per heavy atom. The summed E-state index contributed by atoms with van der Waals surface area (Å²) in [5.74, 6) is -0.695. The molecule has 0 atom stereocenters. The topological polar surface area (TPSA) is 54.4 Å². The van der Waals surface area contributed by atoms with Gasteiger partial charge in [-0.05, 0) is 6.07 Å². The minimum absolute atomic E-state index is 0.0573. The first-order chi connectivity index (χ1) is 9.15. The number of rotatable bonds is 1. The summed E-state index contributed by atoms with van der Waals surface area (Å²) >= 11 is 5.70. The minimum atomic E-state index is -0.338. The first kappa shape index (κ1) is 11.9. The number of halogens is 1. The Balaban J connectivity index is 2.33. The molecule has 3 nitrogen and oxygen atoms in total. The molecule has 2 aromatic rings. The van der Waals surface area contributed by atoms with E-state index in [2.05, 4.69) is 0 Å². The van der Waals surface area contributed by atoms with E-state index in [1.165, 1.54) is 0 Å². The molecule has 1 aliphatic carbocycles. The van der Waals surface area contributed by atoms with Crippen molar-refractivity contribution in [1.82, 2.24) is 0 Å². The molecule has 2 aromatic carbocycles. The van der Waals surface area contributed by atoms with E-state index in [1.54, 1.807) is 36.4 Å². The van der Waals surface area contributed by atoms with Crippen LogP contribution in [0.2, 0.25) is 0 Å². The van der Waals surface area contributed by atoms with E-state index in [9.17, 15) is 14.7 Å². The van der Waals surface area contributed by atoms with E-state index in [0.29, 0.717) is 16.7 Å². The van der Waals surface area contributed by atoms with Gasteiger partial charge in [0.15, 0.2) is 11.6 Å². The van der Waals surface area contributed by atoms with E-state index in [4.69, 9.17) is 11.6 Å². The van der Waals surface area contributed by atoms with Gasteiger partial charge in [-0.3, -0.25) is 9.59 Å². The Morgan fingerprint density at radius 1 is 0.895 bits per heavy atom. The van der Waals surface area contributed by atoms with Gasteiger partial charge in [0.25, 0.3) is 0 Å². The molecule has 0 fully saturated rings. The Kier molecular flexibility index (Phi) is 2.64. The van der Waals surface area contributed by atoms with E-state index in [1.807, 2.05) is 0 Å². The quantitative estimate of drug-likeness (QED) is 0.693. The number of ketones is 2. The van der Waals surface area contributed by atoms with E-state index >= 15 is 0 Å². The standard InChI is InChI=1S/C15H9ClO3/c16-7-8-5-6-11-12(13(8)17)15(19)10-4-2-1-3-9(10)14(11)18/h1-6,17H,7H2. The Morgan fingerprint density at radius 2 is 1.53 bits per heavy atom. The minimum Gasteiger partial charge on any atom is -0.507 e. The number of fused-ring (bicyclic) bond motifs is 2. The van der Waals surface area contributed by atoms with Crippen molar-refractivity contribution in [3.8, 4) is 5.75 Å². The molecule has 1 aliphatic rings. The zero-order valence-electron chi connectivity index (χ0n) is 9.81. The van der Waals surface area contributed by atoms with Crippen LogP contribution in [-0.4, -0.2) is 16.7 Å². The van der Waals surface area contributed by atoms with Crippen molar-refractivity contribution < 1.29 is 14.7 Å². The highest BCUT2D eigenvalue weighted by molar-refractivity contribution is 6.29. The van der Waals surface area contributed by atoms with Gasteiger partial charge in [-0.15, -0.1) is 11.6 Å². The first-order valence-electron chi connectivity index (χ1n) is 5.74. The number of hydrogen-bond acceptors (Lipinski definition) is 3. The van der Waals surface area contributed by atoms with Gasteiger partial charge in [0.05, 0.1) is 11.4 Å². The summed E-state index contributed by atoms with van der Waals surface area (Å²) in [4.78, 5) is 24.7. The Bertz CT molecular complexity index is 719. The summed E-state index contributed by atoms with van der Waals surface area (Å²) < 4.78 is 0. The lowest BCUT2D eigenvalue weighted by molar-refractivity contribution is 0.0976. The van der Waals surface area contributed by atoms with E-state index < -0.39 is 0 Å². The summed E-state index contributed by atoms with van der Waals surface area (Å²) in [6, 6.07) is 9.72. The van der Waals surface area contributed by atoms with Gasteiger partial charge in [-0.2, -0.15) is 0 Å². The normalized spacial score (nSPS) is 13.1. The third-order valence-corrected chi connectivity index (χ3v) is 3.58. The van der Waals surface area contributed by atoms with Crippen LogP contribution in [0.1, 0.15) is 37.4 Å². The number of aromatic hydroxyl groups is 1. The molecule has 0 aliphatic heterocycles. The maximum atomic E-state index is 12.4. The summed E-state index contributed by atoms with van der Waals surface area (Å²) in [7, 11) is 0. The molecule has 0 radical (unpaired) electrons. The average molecular weight is 273 g/mol. The molecule has 0 amide bonds. The molecular weight excluding hydrogens is 264 g/mol. The van der Waals surface area contributed by atoms with Gasteiger partial charge in [-0.25, -0.2) is 0 Å². The van der Waals surface area contributed by atoms with Crippen molar-refractivity contribution in [3.05, 3.63) is 64.2 Å². The van der Waals surface area contributed by atoms with Crippen LogP contribution < -0.4 is 0 Å². The van der Waals surface area contributed by atoms with Gasteiger partial charge in [0.1, 0.15) is 5.75 Å². The number of phenolic OH excluding ortho intramolecular Hbond substituents is 1. The van der Waals surface area contributed by atoms with Gasteiger partial charge >= 0.3 is 0 Å². The van der Waals surface area contributed by atoms with Crippen molar-refractivity contribution in [2.24, 2.45) is 0 Å². The highest BCUT2D eigenvalue weighted by Crippen LogP contribution is 2.35. The van der Waals surface area contributed by atoms with Crippen LogP contribution in [0.5, 0.6) is 5.75 Å². The smallest absolute Gasteiger partial charge is 0.198 e. The number of alkyl halides is 1. The van der Waals surface area contributed by atoms with Crippen LogP contribution in [0.3, 0.4) is 0 Å². The van der Waals surface area contributed by atoms with Gasteiger partial charge in [-0.1, -0.05) is 30.3 Å². The second-order valence-electron chi connectivity index (χ2n) is 4.33. The summed E-state index contributed by atoms with van der Waals surface area (Å²) in [5, 5.41) is 10.1. The van der Waals surface area contributed by atoms with E-state index in [0.717, 1.165) is 0 Å². The molecule has 19 heavy (non-hydrogen) atoms. The number of phenols is 1. The Labute approximate surface area is 114 Å². The van der Waals surface area contributed by atoms with Crippen molar-refractivity contribution >= 4 is 23.2 Å². The Hall–Kier alpha value is -2.13. The van der Waals surface area contributed by atoms with Crippen LogP contribution in [0.4, 0.5) is 0 Å². The molecule has 0 bridgehead atoms. The van der Waals surface area contributed by atoms with Crippen molar-refractivity contribution in [2.75, 3.05) is 0 Å². The second kappa shape index (κ2) is 4.21. The lowest BCUT2D eigenvalue weighted by atomic mass is 9.83. The fraction of sp³-hybridized carbons (Fsp3) is 0.0667. The van der Waals surface area contributed by atoms with Crippen LogP contribution in [0.15, 0.2) is 36.4 Å². The van der Waals surface area contributed by atoms with Crippen LogP contribution in [0.25, 0.3) is 0 Å². The van der Waals surface area contributed by atoms with E-state index in [-0.39, 0.29) is 34.3 Å². The van der Waals surface area contributed by atoms with Gasteiger partial charge in [0, 0.05) is 22.3 Å². The van der Waals surface area contributed by atoms with Crippen LogP contribution >= 0.6 is 11.6 Å². The first-order valence-corrected chi connectivity index (χ1v) is 6.28. The average Bonchev–Trinajstić information content (AvgIpc) is 2.44. The van der Waals surface area contributed by atoms with Crippen LogP contribution in [0, 0.1) is 0 Å². The monoisotopic (exact) mass is 272 g/mol. The molecule has 0 saturated carbocycles. The van der Waals surface area contributed by atoms with Crippen molar-refractivity contribution in [1.29, 1.82) is 0 Å². The third kappa shape index (κ3) is 1.59. The predicted octanol–water partition coefficient (Wildman–Crippen LogP) is 2.91. The molecular formula is C15H9ClO3. The predicted molar refractivity (Wildman–Crippen MR) is 71.0 cm³/mol. The number of hydrogen-bond donors (Lipinski definition) is 1. The van der Waals surface area contributed by atoms with Crippen molar-refractivity contribution in [2.45, 2.75) is 5.88 Å². The maximum Gasteiger partial charge on any atom is 0.198 e. The highest BCUT2D eigenvalue weighted by atomic mass is 35.5. The fourth-order valence-electron chi connectivity index (χ4n) is 2.32. The fourth-order valence-corrected chi connectivity index (χ4v) is 2.54. The van der Waals surface area contributed by atoms with Crippen LogP contribution in [-0.2, 0) is 5.88 Å². The zero-order valence-corrected chi connectivity index (χ0v) is 10.6. The molecule has 0 spiro atoms. The second-order valence-corrected chi connectivity index (χ2v) is 4.60. The largest absolute Gasteiger partial charge is 0.507 e. The SMILES string of the molecule is O=C1c2ccccc2C(=O)c2c1ccc(CCl)c2O. The number of carbonyl (C=O) groups is 2. The van der Waals surface area contributed by atoms with Gasteiger partial charge < -0.3 is 5.11 Å². The summed E-state index contributed by atoms with van der Waals surface area (Å²) in [5.41, 5.74) is 1.43. The molecule has 4 heteroatoms. The molecule has 0 unspecified atom stereocenters. The van der Waals surface area contributed by atoms with Crippen molar-refractivity contribution in [3.63, 3.8) is 0 Å². The lowest BCUT2D eigenvalue weighted by Crippen LogP contribution is -2.21. The molecule has 0 aromatic heterocycles. The summed E-state index contributed by atoms with van der Waals surface area (Å²) in [6.45, 7) is 0. The number of carbonyl (C=O) groups excluding carboxylic acids is 2. The molecule has 0 saturated heterocycles. The zero-order chi connectivity index (χ0) is 13.6. The molecule has 0 heterocycles. The molecule has 3 rings (SSSR count). The number of benzene rings is 2. The lowest BCUT2D eigenvalue weighted by Gasteiger charge is -2.19. The van der Waals surface area contributed by atoms with Gasteiger partial charge in [0.2, 0.25) is 0 Å². The highest BCUT2D eigenvalue weighted by Gasteiger charge is 2.32.